The quantitative estimate of drug-likeness (QED) is 0.846. The lowest BCUT2D eigenvalue weighted by atomic mass is 10.2. The molecule has 2 aromatic heterocycles. The van der Waals surface area contributed by atoms with Gasteiger partial charge in [0.1, 0.15) is 16.6 Å². The third kappa shape index (κ3) is 3.14. The van der Waals surface area contributed by atoms with Gasteiger partial charge in [0.05, 0.1) is 25.6 Å². The van der Waals surface area contributed by atoms with Crippen molar-refractivity contribution >= 4 is 11.6 Å². The summed E-state index contributed by atoms with van der Waals surface area (Å²) in [7, 11) is 1.64. The van der Waals surface area contributed by atoms with Gasteiger partial charge < -0.3 is 9.47 Å². The van der Waals surface area contributed by atoms with Crippen molar-refractivity contribution in [2.24, 2.45) is 5.92 Å². The zero-order valence-corrected chi connectivity index (χ0v) is 13.6. The van der Waals surface area contributed by atoms with Crippen molar-refractivity contribution in [2.75, 3.05) is 13.7 Å². The van der Waals surface area contributed by atoms with Crippen molar-refractivity contribution in [3.05, 3.63) is 40.6 Å². The number of pyridine rings is 1. The first-order valence-electron chi connectivity index (χ1n) is 7.22. The van der Waals surface area contributed by atoms with Gasteiger partial charge in [0.2, 0.25) is 5.88 Å². The molecule has 1 aliphatic carbocycles. The maximum Gasteiger partial charge on any atom is 0.236 e. The maximum atomic E-state index is 6.18. The molecule has 0 aromatic carbocycles. The number of methoxy groups -OCH3 is 1. The third-order valence-corrected chi connectivity index (χ3v) is 4.26. The average Bonchev–Trinajstić information content (AvgIpc) is 3.29. The fraction of sp³-hybridized carbons (Fsp3) is 0.438. The van der Waals surface area contributed by atoms with Crippen molar-refractivity contribution < 1.29 is 9.47 Å². The standard InChI is InChI=1S/C16H18ClN3O2/c1-9-15(17)16(20-10(2)19-9)22-8-11-6-13(11)14-5-4-12(21-3)7-18-14/h4-5,7,11,13H,6,8H2,1-3H3/t11-,13+/m1/s1. The van der Waals surface area contributed by atoms with Gasteiger partial charge in [-0.3, -0.25) is 4.98 Å². The van der Waals surface area contributed by atoms with Gasteiger partial charge in [-0.15, -0.1) is 0 Å². The summed E-state index contributed by atoms with van der Waals surface area (Å²) in [6, 6.07) is 3.95. The molecular formula is C16H18ClN3O2. The summed E-state index contributed by atoms with van der Waals surface area (Å²) in [5.74, 6) is 2.80. The summed E-state index contributed by atoms with van der Waals surface area (Å²) in [5.41, 5.74) is 1.82. The van der Waals surface area contributed by atoms with Crippen LogP contribution in [0.25, 0.3) is 0 Å². The summed E-state index contributed by atoms with van der Waals surface area (Å²) in [4.78, 5) is 12.9. The lowest BCUT2D eigenvalue weighted by Gasteiger charge is -2.09. The molecule has 3 rings (SSSR count). The summed E-state index contributed by atoms with van der Waals surface area (Å²) in [6.45, 7) is 4.27. The van der Waals surface area contributed by atoms with Crippen molar-refractivity contribution in [3.63, 3.8) is 0 Å². The molecule has 6 heteroatoms. The normalized spacial score (nSPS) is 19.8. The first-order valence-corrected chi connectivity index (χ1v) is 7.59. The minimum absolute atomic E-state index is 0.439. The molecule has 0 N–H and O–H groups in total. The lowest BCUT2D eigenvalue weighted by molar-refractivity contribution is 0.284. The van der Waals surface area contributed by atoms with E-state index in [4.69, 9.17) is 21.1 Å². The zero-order valence-electron chi connectivity index (χ0n) is 12.8. The van der Waals surface area contributed by atoms with Crippen LogP contribution in [-0.2, 0) is 0 Å². The fourth-order valence-corrected chi connectivity index (χ4v) is 2.61. The summed E-state index contributed by atoms with van der Waals surface area (Å²) >= 11 is 6.18. The van der Waals surface area contributed by atoms with E-state index in [1.165, 1.54) is 0 Å². The molecule has 2 heterocycles. The van der Waals surface area contributed by atoms with E-state index in [1.807, 2.05) is 26.0 Å². The fourth-order valence-electron chi connectivity index (χ4n) is 2.48. The maximum absolute atomic E-state index is 6.18. The van der Waals surface area contributed by atoms with Crippen molar-refractivity contribution in [1.82, 2.24) is 15.0 Å². The van der Waals surface area contributed by atoms with Crippen LogP contribution in [0.4, 0.5) is 0 Å². The SMILES string of the molecule is COc1ccc([C@H]2C[C@@H]2COc2nc(C)nc(C)c2Cl)nc1. The van der Waals surface area contributed by atoms with Gasteiger partial charge in [-0.05, 0) is 32.4 Å². The number of nitrogens with zero attached hydrogens (tertiary/aromatic N) is 3. The van der Waals surface area contributed by atoms with Crippen LogP contribution < -0.4 is 9.47 Å². The van der Waals surface area contributed by atoms with E-state index in [9.17, 15) is 0 Å². The van der Waals surface area contributed by atoms with Crippen LogP contribution in [0.2, 0.25) is 5.02 Å². The minimum Gasteiger partial charge on any atom is -0.495 e. The molecule has 0 unspecified atom stereocenters. The van der Waals surface area contributed by atoms with Crippen molar-refractivity contribution in [1.29, 1.82) is 0 Å². The van der Waals surface area contributed by atoms with Crippen LogP contribution in [0.5, 0.6) is 11.6 Å². The molecule has 1 saturated carbocycles. The number of hydrogen-bond acceptors (Lipinski definition) is 5. The van der Waals surface area contributed by atoms with Crippen molar-refractivity contribution in [3.8, 4) is 11.6 Å². The van der Waals surface area contributed by atoms with Crippen LogP contribution in [0, 0.1) is 19.8 Å². The minimum atomic E-state index is 0.439. The zero-order chi connectivity index (χ0) is 15.7. The Bertz CT molecular complexity index is 676. The Morgan fingerprint density at radius 2 is 2.09 bits per heavy atom. The predicted molar refractivity (Wildman–Crippen MR) is 83.6 cm³/mol. The molecule has 116 valence electrons. The molecule has 0 spiro atoms. The Balaban J connectivity index is 1.60. The molecule has 0 amide bonds. The Labute approximate surface area is 134 Å². The first kappa shape index (κ1) is 15.0. The van der Waals surface area contributed by atoms with Gasteiger partial charge in [-0.2, -0.15) is 4.98 Å². The van der Waals surface area contributed by atoms with E-state index in [-0.39, 0.29) is 0 Å². The average molecular weight is 320 g/mol. The van der Waals surface area contributed by atoms with E-state index in [0.717, 1.165) is 23.6 Å². The highest BCUT2D eigenvalue weighted by molar-refractivity contribution is 6.32. The monoisotopic (exact) mass is 319 g/mol. The number of hydrogen-bond donors (Lipinski definition) is 0. The Morgan fingerprint density at radius 1 is 1.27 bits per heavy atom. The molecule has 0 saturated heterocycles. The Kier molecular flexibility index (Phi) is 4.16. The second kappa shape index (κ2) is 6.08. The van der Waals surface area contributed by atoms with E-state index >= 15 is 0 Å². The van der Waals surface area contributed by atoms with Crippen LogP contribution in [0.1, 0.15) is 29.6 Å². The molecule has 0 radical (unpaired) electrons. The molecule has 1 aliphatic rings. The largest absolute Gasteiger partial charge is 0.495 e. The van der Waals surface area contributed by atoms with Crippen LogP contribution in [-0.4, -0.2) is 28.7 Å². The first-order chi connectivity index (χ1) is 10.6. The van der Waals surface area contributed by atoms with Gasteiger partial charge in [-0.1, -0.05) is 11.6 Å². The Hall–Kier alpha value is -1.88. The summed E-state index contributed by atoms with van der Waals surface area (Å²) in [6.07, 6.45) is 2.82. The molecule has 0 aliphatic heterocycles. The van der Waals surface area contributed by atoms with Gasteiger partial charge in [-0.25, -0.2) is 4.98 Å². The predicted octanol–water partition coefficient (Wildman–Crippen LogP) is 3.33. The number of rotatable bonds is 5. The van der Waals surface area contributed by atoms with Gasteiger partial charge in [0.25, 0.3) is 0 Å². The number of aryl methyl sites for hydroxylation is 2. The molecule has 5 nitrogen and oxygen atoms in total. The molecule has 2 atom stereocenters. The molecule has 1 fully saturated rings. The second-order valence-corrected chi connectivity index (χ2v) is 5.89. The van der Waals surface area contributed by atoms with Crippen LogP contribution in [0.3, 0.4) is 0 Å². The third-order valence-electron chi connectivity index (χ3n) is 3.83. The molecule has 2 aromatic rings. The molecule has 22 heavy (non-hydrogen) atoms. The van der Waals surface area contributed by atoms with Gasteiger partial charge >= 0.3 is 0 Å². The van der Waals surface area contributed by atoms with E-state index in [1.54, 1.807) is 13.3 Å². The van der Waals surface area contributed by atoms with E-state index < -0.39 is 0 Å². The topological polar surface area (TPSA) is 57.1 Å². The van der Waals surface area contributed by atoms with Crippen LogP contribution >= 0.6 is 11.6 Å². The highest BCUT2D eigenvalue weighted by Crippen LogP contribution is 2.47. The Morgan fingerprint density at radius 3 is 2.77 bits per heavy atom. The van der Waals surface area contributed by atoms with Gasteiger partial charge in [0, 0.05) is 17.5 Å². The summed E-state index contributed by atoms with van der Waals surface area (Å²) in [5, 5.41) is 0.491. The lowest BCUT2D eigenvalue weighted by Crippen LogP contribution is -2.05. The number of ether oxygens (including phenoxy) is 2. The molecular weight excluding hydrogens is 302 g/mol. The smallest absolute Gasteiger partial charge is 0.236 e. The number of aromatic nitrogens is 3. The van der Waals surface area contributed by atoms with E-state index in [2.05, 4.69) is 15.0 Å². The van der Waals surface area contributed by atoms with Gasteiger partial charge in [0.15, 0.2) is 0 Å². The van der Waals surface area contributed by atoms with E-state index in [0.29, 0.717) is 35.2 Å². The number of halogens is 1. The highest BCUT2D eigenvalue weighted by Gasteiger charge is 2.40. The second-order valence-electron chi connectivity index (χ2n) is 5.51. The van der Waals surface area contributed by atoms with Crippen LogP contribution in [0.15, 0.2) is 18.3 Å². The summed E-state index contributed by atoms with van der Waals surface area (Å²) < 4.78 is 10.9. The molecule has 0 bridgehead atoms. The van der Waals surface area contributed by atoms with Crippen molar-refractivity contribution in [2.45, 2.75) is 26.2 Å². The highest BCUT2D eigenvalue weighted by atomic mass is 35.5.